The molecular weight excluding hydrogens is 235 g/mol. The zero-order valence-corrected chi connectivity index (χ0v) is 9.17. The molecule has 2 rings (SSSR count). The van der Waals surface area contributed by atoms with Crippen LogP contribution in [0, 0.1) is 0 Å². The summed E-state index contributed by atoms with van der Waals surface area (Å²) in [4.78, 5) is 1.39. The Labute approximate surface area is 96.4 Å². The summed E-state index contributed by atoms with van der Waals surface area (Å²) in [7, 11) is 0. The molecule has 7 heteroatoms. The number of likely N-dealkylation sites (tertiary alicyclic amines) is 1. The van der Waals surface area contributed by atoms with Crippen molar-refractivity contribution in [2.24, 2.45) is 0 Å². The van der Waals surface area contributed by atoms with Crippen LogP contribution in [0.15, 0.2) is 6.07 Å². The molecule has 1 unspecified atom stereocenters. The molecule has 1 atom stereocenters. The summed E-state index contributed by atoms with van der Waals surface area (Å²) in [6.07, 6.45) is -2.64. The van der Waals surface area contributed by atoms with Crippen molar-refractivity contribution in [2.75, 3.05) is 19.6 Å². The summed E-state index contributed by atoms with van der Waals surface area (Å²) >= 11 is 0. The second kappa shape index (κ2) is 4.56. The first-order valence-corrected chi connectivity index (χ1v) is 5.47. The Kier molecular flexibility index (Phi) is 3.28. The normalized spacial score (nSPS) is 22.9. The lowest BCUT2D eigenvalue weighted by atomic mass is 9.95. The second-order valence-corrected chi connectivity index (χ2v) is 4.37. The first-order chi connectivity index (χ1) is 7.94. The quantitative estimate of drug-likeness (QED) is 0.841. The number of aromatic hydroxyl groups is 1. The summed E-state index contributed by atoms with van der Waals surface area (Å²) in [6, 6.07) is 1.47. The van der Waals surface area contributed by atoms with E-state index in [1.807, 2.05) is 0 Å². The van der Waals surface area contributed by atoms with Crippen LogP contribution >= 0.6 is 0 Å². The molecule has 1 fully saturated rings. The van der Waals surface area contributed by atoms with Crippen molar-refractivity contribution in [2.45, 2.75) is 24.9 Å². The van der Waals surface area contributed by atoms with Crippen LogP contribution in [0.4, 0.5) is 13.2 Å². The molecule has 17 heavy (non-hydrogen) atoms. The van der Waals surface area contributed by atoms with Gasteiger partial charge in [-0.3, -0.25) is 4.90 Å². The van der Waals surface area contributed by atoms with Gasteiger partial charge in [0.2, 0.25) is 5.88 Å². The number of nitrogens with one attached hydrogen (secondary N) is 1. The van der Waals surface area contributed by atoms with E-state index in [2.05, 4.69) is 10.2 Å². The predicted molar refractivity (Wildman–Crippen MR) is 54.7 cm³/mol. The summed E-state index contributed by atoms with van der Waals surface area (Å²) in [5, 5.41) is 15.4. The first kappa shape index (κ1) is 12.2. The summed E-state index contributed by atoms with van der Waals surface area (Å²) in [5.41, 5.74) is 0.634. The van der Waals surface area contributed by atoms with E-state index in [9.17, 15) is 13.2 Å². The van der Waals surface area contributed by atoms with Gasteiger partial charge in [-0.1, -0.05) is 0 Å². The van der Waals surface area contributed by atoms with E-state index in [-0.39, 0.29) is 11.8 Å². The highest BCUT2D eigenvalue weighted by Gasteiger charge is 2.33. The highest BCUT2D eigenvalue weighted by molar-refractivity contribution is 5.17. The van der Waals surface area contributed by atoms with Crippen molar-refractivity contribution < 1.29 is 18.3 Å². The molecule has 0 bridgehead atoms. The summed E-state index contributed by atoms with van der Waals surface area (Å²) in [6.45, 7) is -0.0733. The Morgan fingerprint density at radius 3 is 2.88 bits per heavy atom. The van der Waals surface area contributed by atoms with E-state index in [0.29, 0.717) is 25.2 Å². The zero-order valence-electron chi connectivity index (χ0n) is 9.17. The van der Waals surface area contributed by atoms with E-state index in [1.165, 1.54) is 11.0 Å². The molecule has 2 N–H and O–H groups in total. The number of hydrogen-bond acceptors (Lipinski definition) is 3. The van der Waals surface area contributed by atoms with Gasteiger partial charge in [0.25, 0.3) is 0 Å². The molecule has 4 nitrogen and oxygen atoms in total. The Morgan fingerprint density at radius 1 is 1.53 bits per heavy atom. The zero-order chi connectivity index (χ0) is 12.5. The van der Waals surface area contributed by atoms with Crippen LogP contribution in [0.5, 0.6) is 5.88 Å². The van der Waals surface area contributed by atoms with Gasteiger partial charge in [0.15, 0.2) is 0 Å². The fourth-order valence-corrected chi connectivity index (χ4v) is 2.23. The minimum absolute atomic E-state index is 0.0387. The predicted octanol–water partition coefficient (Wildman–Crippen LogP) is 1.86. The molecule has 0 saturated carbocycles. The largest absolute Gasteiger partial charge is 0.494 e. The number of hydrogen-bond donors (Lipinski definition) is 2. The number of halogens is 3. The third-order valence-corrected chi connectivity index (χ3v) is 2.91. The van der Waals surface area contributed by atoms with E-state index in [1.54, 1.807) is 0 Å². The third-order valence-electron chi connectivity index (χ3n) is 2.91. The lowest BCUT2D eigenvalue weighted by Gasteiger charge is -2.32. The Bertz CT molecular complexity index is 377. The summed E-state index contributed by atoms with van der Waals surface area (Å²) < 4.78 is 36.8. The van der Waals surface area contributed by atoms with Gasteiger partial charge in [-0.05, 0) is 19.4 Å². The van der Waals surface area contributed by atoms with Gasteiger partial charge in [0.1, 0.15) is 0 Å². The first-order valence-electron chi connectivity index (χ1n) is 5.47. The number of alkyl halides is 3. The van der Waals surface area contributed by atoms with Gasteiger partial charge in [0, 0.05) is 18.5 Å². The van der Waals surface area contributed by atoms with Crippen molar-refractivity contribution in [3.63, 3.8) is 0 Å². The van der Waals surface area contributed by atoms with Crippen LogP contribution in [-0.2, 0) is 0 Å². The van der Waals surface area contributed by atoms with Gasteiger partial charge in [-0.25, -0.2) is 5.10 Å². The number of rotatable bonds is 2. The van der Waals surface area contributed by atoms with Gasteiger partial charge in [-0.15, -0.1) is 0 Å². The van der Waals surface area contributed by atoms with Crippen LogP contribution in [0.25, 0.3) is 0 Å². The molecule has 1 aromatic rings. The minimum Gasteiger partial charge on any atom is -0.494 e. The molecule has 1 aliphatic heterocycles. The molecule has 0 aliphatic carbocycles. The smallest absolute Gasteiger partial charge is 0.401 e. The third kappa shape index (κ3) is 3.36. The van der Waals surface area contributed by atoms with Crippen LogP contribution < -0.4 is 0 Å². The van der Waals surface area contributed by atoms with Crippen LogP contribution in [0.2, 0.25) is 0 Å². The fraction of sp³-hybridized carbons (Fsp3) is 0.700. The number of nitrogens with zero attached hydrogens (tertiary/aromatic N) is 2. The molecule has 0 spiro atoms. The maximum absolute atomic E-state index is 12.3. The van der Waals surface area contributed by atoms with Crippen molar-refractivity contribution in [1.29, 1.82) is 0 Å². The highest BCUT2D eigenvalue weighted by atomic mass is 19.4. The average molecular weight is 249 g/mol. The van der Waals surface area contributed by atoms with Crippen LogP contribution in [-0.4, -0.2) is 46.0 Å². The molecular formula is C10H14F3N3O. The topological polar surface area (TPSA) is 52.1 Å². The van der Waals surface area contributed by atoms with Gasteiger partial charge >= 0.3 is 6.18 Å². The van der Waals surface area contributed by atoms with Gasteiger partial charge in [-0.2, -0.15) is 18.3 Å². The monoisotopic (exact) mass is 249 g/mol. The van der Waals surface area contributed by atoms with E-state index in [0.717, 1.165) is 6.42 Å². The number of aromatic amines is 1. The van der Waals surface area contributed by atoms with Crippen molar-refractivity contribution >= 4 is 0 Å². The number of H-pyrrole nitrogens is 1. The second-order valence-electron chi connectivity index (χ2n) is 4.37. The van der Waals surface area contributed by atoms with Crippen LogP contribution in [0.3, 0.4) is 0 Å². The molecule has 1 aromatic heterocycles. The van der Waals surface area contributed by atoms with E-state index < -0.39 is 12.7 Å². The minimum atomic E-state index is -4.16. The standard InChI is InChI=1S/C10H14F3N3O/c11-10(12,13)6-16-3-1-2-7(5-16)8-4-9(17)15-14-8/h4,7H,1-3,5-6H2,(H2,14,15,17). The maximum atomic E-state index is 12.3. The molecule has 1 aliphatic rings. The molecule has 0 amide bonds. The average Bonchev–Trinajstić information content (AvgIpc) is 2.63. The SMILES string of the molecule is Oc1cc(C2CCCN(CC(F)(F)F)C2)n[nH]1. The van der Waals surface area contributed by atoms with Crippen molar-refractivity contribution in [3.8, 4) is 5.88 Å². The van der Waals surface area contributed by atoms with Gasteiger partial charge in [0.05, 0.1) is 12.2 Å². The van der Waals surface area contributed by atoms with Crippen LogP contribution in [0.1, 0.15) is 24.5 Å². The molecule has 2 heterocycles. The highest BCUT2D eigenvalue weighted by Crippen LogP contribution is 2.28. The van der Waals surface area contributed by atoms with Crippen molar-refractivity contribution in [3.05, 3.63) is 11.8 Å². The molecule has 96 valence electrons. The molecule has 0 radical (unpaired) electrons. The molecule has 1 saturated heterocycles. The number of aromatic nitrogens is 2. The lowest BCUT2D eigenvalue weighted by Crippen LogP contribution is -2.40. The van der Waals surface area contributed by atoms with Crippen molar-refractivity contribution in [1.82, 2.24) is 15.1 Å². The fourth-order valence-electron chi connectivity index (χ4n) is 2.23. The molecule has 0 aromatic carbocycles. The Balaban J connectivity index is 1.97. The lowest BCUT2D eigenvalue weighted by molar-refractivity contribution is -0.148. The Hall–Kier alpha value is -1.24. The maximum Gasteiger partial charge on any atom is 0.401 e. The van der Waals surface area contributed by atoms with Gasteiger partial charge < -0.3 is 5.11 Å². The number of piperidine rings is 1. The summed E-state index contributed by atoms with van der Waals surface area (Å²) in [5.74, 6) is -0.0869. The van der Waals surface area contributed by atoms with E-state index in [4.69, 9.17) is 5.11 Å². The van der Waals surface area contributed by atoms with E-state index >= 15 is 0 Å². The Morgan fingerprint density at radius 2 is 2.29 bits per heavy atom.